The van der Waals surface area contributed by atoms with Crippen molar-refractivity contribution in [3.63, 3.8) is 0 Å². The zero-order valence-corrected chi connectivity index (χ0v) is 15.5. The summed E-state index contributed by atoms with van der Waals surface area (Å²) in [6.07, 6.45) is 0.999. The molecule has 1 aliphatic rings. The van der Waals surface area contributed by atoms with Crippen LogP contribution in [0.1, 0.15) is 51.4 Å². The van der Waals surface area contributed by atoms with Gasteiger partial charge in [-0.25, -0.2) is 8.42 Å². The largest absolute Gasteiger partial charge is 0.338 e. The van der Waals surface area contributed by atoms with Crippen LogP contribution >= 0.6 is 0 Å². The van der Waals surface area contributed by atoms with Crippen LogP contribution in [0.15, 0.2) is 29.2 Å². The molecule has 1 heterocycles. The molecular formula is C18H27NO3S. The predicted molar refractivity (Wildman–Crippen MR) is 92.2 cm³/mol. The Morgan fingerprint density at radius 3 is 2.26 bits per heavy atom. The van der Waals surface area contributed by atoms with Crippen LogP contribution < -0.4 is 0 Å². The Hall–Kier alpha value is -1.36. The predicted octanol–water partition coefficient (Wildman–Crippen LogP) is 3.38. The van der Waals surface area contributed by atoms with Crippen molar-refractivity contribution in [1.82, 2.24) is 4.90 Å². The van der Waals surface area contributed by atoms with E-state index in [0.717, 1.165) is 19.5 Å². The molecule has 0 bridgehead atoms. The lowest BCUT2D eigenvalue weighted by atomic mass is 9.75. The molecule has 0 spiro atoms. The van der Waals surface area contributed by atoms with Gasteiger partial charge in [0, 0.05) is 18.7 Å². The van der Waals surface area contributed by atoms with Crippen molar-refractivity contribution < 1.29 is 13.2 Å². The third-order valence-corrected chi connectivity index (χ3v) is 7.27. The first-order valence-electron chi connectivity index (χ1n) is 8.19. The highest BCUT2D eigenvalue weighted by atomic mass is 32.2. The van der Waals surface area contributed by atoms with Crippen LogP contribution in [0.3, 0.4) is 0 Å². The molecule has 1 aromatic carbocycles. The molecule has 0 saturated carbocycles. The van der Waals surface area contributed by atoms with Crippen molar-refractivity contribution in [2.75, 3.05) is 13.1 Å². The Morgan fingerprint density at radius 1 is 1.22 bits per heavy atom. The van der Waals surface area contributed by atoms with E-state index in [1.807, 2.05) is 4.90 Å². The van der Waals surface area contributed by atoms with E-state index in [-0.39, 0.29) is 16.2 Å². The number of hydrogen-bond acceptors (Lipinski definition) is 3. The van der Waals surface area contributed by atoms with Crippen LogP contribution in [0.4, 0.5) is 0 Å². The molecule has 23 heavy (non-hydrogen) atoms. The molecule has 1 fully saturated rings. The average molecular weight is 337 g/mol. The number of nitrogens with zero attached hydrogens (tertiary/aromatic N) is 1. The molecule has 0 aliphatic carbocycles. The molecule has 0 radical (unpaired) electrons. The zero-order valence-electron chi connectivity index (χ0n) is 14.7. The van der Waals surface area contributed by atoms with Gasteiger partial charge in [0.25, 0.3) is 5.91 Å². The summed E-state index contributed by atoms with van der Waals surface area (Å²) in [7, 11) is -3.29. The number of amides is 1. The maximum absolute atomic E-state index is 12.7. The van der Waals surface area contributed by atoms with Gasteiger partial charge in [-0.05, 0) is 55.9 Å². The number of piperidine rings is 1. The molecule has 0 N–H and O–H groups in total. The fourth-order valence-electron chi connectivity index (χ4n) is 2.88. The number of hydrogen-bond donors (Lipinski definition) is 0. The average Bonchev–Trinajstić information content (AvgIpc) is 2.49. The van der Waals surface area contributed by atoms with Crippen LogP contribution in [0.2, 0.25) is 0 Å². The minimum Gasteiger partial charge on any atom is -0.338 e. The van der Waals surface area contributed by atoms with Crippen molar-refractivity contribution in [3.8, 4) is 0 Å². The first-order chi connectivity index (χ1) is 10.6. The third-order valence-electron chi connectivity index (χ3n) is 5.10. The highest BCUT2D eigenvalue weighted by molar-refractivity contribution is 7.92. The Kier molecular flexibility index (Phi) is 4.90. The molecule has 4 nitrogen and oxygen atoms in total. The van der Waals surface area contributed by atoms with Gasteiger partial charge in [0.05, 0.1) is 10.1 Å². The van der Waals surface area contributed by atoms with Gasteiger partial charge in [0.15, 0.2) is 9.84 Å². The summed E-state index contributed by atoms with van der Waals surface area (Å²) in [4.78, 5) is 14.8. The maximum atomic E-state index is 12.7. The van der Waals surface area contributed by atoms with E-state index in [1.54, 1.807) is 38.1 Å². The van der Waals surface area contributed by atoms with Gasteiger partial charge in [-0.2, -0.15) is 0 Å². The van der Waals surface area contributed by atoms with E-state index >= 15 is 0 Å². The number of benzene rings is 1. The van der Waals surface area contributed by atoms with E-state index in [9.17, 15) is 13.2 Å². The van der Waals surface area contributed by atoms with E-state index in [2.05, 4.69) is 20.8 Å². The van der Waals surface area contributed by atoms with Crippen LogP contribution in [-0.2, 0) is 9.84 Å². The van der Waals surface area contributed by atoms with E-state index in [4.69, 9.17) is 0 Å². The zero-order chi connectivity index (χ0) is 17.4. The van der Waals surface area contributed by atoms with Crippen LogP contribution in [0, 0.1) is 11.3 Å². The third kappa shape index (κ3) is 3.60. The second-order valence-corrected chi connectivity index (χ2v) is 10.0. The molecule has 1 aromatic rings. The van der Waals surface area contributed by atoms with E-state index in [1.165, 1.54) is 0 Å². The maximum Gasteiger partial charge on any atom is 0.253 e. The van der Waals surface area contributed by atoms with Crippen molar-refractivity contribution in [1.29, 1.82) is 0 Å². The Morgan fingerprint density at radius 2 is 1.78 bits per heavy atom. The van der Waals surface area contributed by atoms with Crippen LogP contribution in [0.5, 0.6) is 0 Å². The summed E-state index contributed by atoms with van der Waals surface area (Å²) >= 11 is 0. The molecule has 1 amide bonds. The number of sulfone groups is 1. The summed E-state index contributed by atoms with van der Waals surface area (Å²) in [6.45, 7) is 11.4. The first kappa shape index (κ1) is 18.0. The topological polar surface area (TPSA) is 54.5 Å². The molecule has 2 rings (SSSR count). The Bertz CT molecular complexity index is 675. The quantitative estimate of drug-likeness (QED) is 0.849. The van der Waals surface area contributed by atoms with Crippen LogP contribution in [0.25, 0.3) is 0 Å². The second kappa shape index (κ2) is 6.27. The highest BCUT2D eigenvalue weighted by Gasteiger charge is 2.35. The molecular weight excluding hydrogens is 310 g/mol. The Balaban J connectivity index is 2.19. The summed E-state index contributed by atoms with van der Waals surface area (Å²) in [5.74, 6) is 0.573. The number of carbonyl (C=O) groups is 1. The summed E-state index contributed by atoms with van der Waals surface area (Å²) in [5.41, 5.74) is 0.660. The smallest absolute Gasteiger partial charge is 0.253 e. The second-order valence-electron chi connectivity index (χ2n) is 7.52. The summed E-state index contributed by atoms with van der Waals surface area (Å²) in [6, 6.07) is 6.34. The van der Waals surface area contributed by atoms with E-state index < -0.39 is 15.1 Å². The normalized spacial score (nSPS) is 21.5. The minimum absolute atomic E-state index is 0.0153. The fraction of sp³-hybridized carbons (Fsp3) is 0.611. The molecule has 5 heteroatoms. The summed E-state index contributed by atoms with van der Waals surface area (Å²) < 4.78 is 24.3. The minimum atomic E-state index is -3.29. The van der Waals surface area contributed by atoms with Gasteiger partial charge in [-0.1, -0.05) is 20.8 Å². The SMILES string of the molecule is CC1CCN(C(=O)c2ccc(S(=O)(=O)C(C)C)cc2)CC1(C)C. The molecule has 1 atom stereocenters. The molecule has 0 aromatic heterocycles. The number of carbonyl (C=O) groups excluding carboxylic acids is 1. The van der Waals surface area contributed by atoms with Gasteiger partial charge in [-0.15, -0.1) is 0 Å². The van der Waals surface area contributed by atoms with Gasteiger partial charge in [0.2, 0.25) is 0 Å². The fourth-order valence-corrected chi connectivity index (χ4v) is 3.94. The van der Waals surface area contributed by atoms with Gasteiger partial charge in [-0.3, -0.25) is 4.79 Å². The highest BCUT2D eigenvalue weighted by Crippen LogP contribution is 2.34. The lowest BCUT2D eigenvalue weighted by molar-refractivity contribution is 0.0427. The molecule has 1 aliphatic heterocycles. The number of likely N-dealkylation sites (tertiary alicyclic amines) is 1. The van der Waals surface area contributed by atoms with Crippen molar-refractivity contribution >= 4 is 15.7 Å². The molecule has 128 valence electrons. The van der Waals surface area contributed by atoms with Crippen molar-refractivity contribution in [3.05, 3.63) is 29.8 Å². The van der Waals surface area contributed by atoms with Crippen molar-refractivity contribution in [2.45, 2.75) is 51.2 Å². The monoisotopic (exact) mass is 337 g/mol. The lowest BCUT2D eigenvalue weighted by Crippen LogP contribution is -2.47. The standard InChI is InChI=1S/C18H27NO3S/c1-13(2)23(21,22)16-8-6-15(7-9-16)17(20)19-11-10-14(3)18(4,5)12-19/h6-9,13-14H,10-12H2,1-5H3. The number of rotatable bonds is 3. The van der Waals surface area contributed by atoms with Gasteiger partial charge in [0.1, 0.15) is 0 Å². The van der Waals surface area contributed by atoms with Crippen molar-refractivity contribution in [2.24, 2.45) is 11.3 Å². The lowest BCUT2D eigenvalue weighted by Gasteiger charge is -2.43. The molecule has 1 saturated heterocycles. The summed E-state index contributed by atoms with van der Waals surface area (Å²) in [5, 5.41) is -0.464. The molecule has 1 unspecified atom stereocenters. The van der Waals surface area contributed by atoms with Gasteiger partial charge < -0.3 is 4.90 Å². The van der Waals surface area contributed by atoms with Gasteiger partial charge >= 0.3 is 0 Å². The van der Waals surface area contributed by atoms with Crippen LogP contribution in [-0.4, -0.2) is 37.6 Å². The van der Waals surface area contributed by atoms with E-state index in [0.29, 0.717) is 11.5 Å². The first-order valence-corrected chi connectivity index (χ1v) is 9.73. The Labute approximate surface area is 139 Å².